The number of nitrogen functional groups attached to an aromatic ring is 1. The van der Waals surface area contributed by atoms with Crippen molar-refractivity contribution < 1.29 is 54.5 Å². The average molecular weight is 557 g/mol. The third-order valence-electron chi connectivity index (χ3n) is 5.12. The first kappa shape index (κ1) is 34.7. The lowest BCUT2D eigenvalue weighted by Gasteiger charge is -2.26. The minimum atomic E-state index is -5.44. The van der Waals surface area contributed by atoms with E-state index >= 15 is 0 Å². The zero-order valence-electron chi connectivity index (χ0n) is 20.4. The number of aliphatic hydroxyl groups is 1. The summed E-state index contributed by atoms with van der Waals surface area (Å²) in [5, 5.41) is 20.3. The Labute approximate surface area is 208 Å². The van der Waals surface area contributed by atoms with Gasteiger partial charge in [0.25, 0.3) is 0 Å². The number of pyridine rings is 1. The number of unbranched alkanes of at least 4 members (excludes halogenated alkanes) is 7. The number of halogens is 9. The van der Waals surface area contributed by atoms with Crippen LogP contribution in [0.5, 0.6) is 0 Å². The number of hydrogen-bond donors (Lipinski definition) is 4. The first-order valence-electron chi connectivity index (χ1n) is 11.4. The van der Waals surface area contributed by atoms with Crippen molar-refractivity contribution in [2.24, 2.45) is 0 Å². The molecular weight excluding hydrogens is 525 g/mol. The van der Waals surface area contributed by atoms with Gasteiger partial charge in [0.15, 0.2) is 17.0 Å². The first-order chi connectivity index (χ1) is 16.8. The molecule has 1 aromatic heterocycles. The van der Waals surface area contributed by atoms with E-state index < -0.39 is 59.3 Å². The van der Waals surface area contributed by atoms with Crippen LogP contribution in [-0.4, -0.2) is 46.0 Å². The number of nitrogens with two attached hydrogens (primary N) is 1. The normalized spacial score (nSPS) is 14.1. The van der Waals surface area contributed by atoms with Crippen LogP contribution in [0.2, 0.25) is 0 Å². The van der Waals surface area contributed by atoms with Crippen molar-refractivity contribution >= 4 is 11.7 Å². The monoisotopic (exact) mass is 557 g/mol. The second-order valence-electron chi connectivity index (χ2n) is 8.55. The van der Waals surface area contributed by atoms with Crippen LogP contribution in [0.25, 0.3) is 0 Å². The van der Waals surface area contributed by atoms with Gasteiger partial charge in [-0.2, -0.15) is 39.5 Å². The van der Waals surface area contributed by atoms with Crippen molar-refractivity contribution in [3.63, 3.8) is 0 Å². The van der Waals surface area contributed by atoms with Crippen molar-refractivity contribution in [1.29, 1.82) is 0 Å². The molecule has 0 aliphatic rings. The van der Waals surface area contributed by atoms with E-state index in [-0.39, 0.29) is 6.07 Å². The number of alkyl halides is 9. The van der Waals surface area contributed by atoms with E-state index in [9.17, 15) is 49.4 Å². The number of carbonyl (C=O) groups is 1. The van der Waals surface area contributed by atoms with Crippen LogP contribution < -0.4 is 11.1 Å². The Morgan fingerprint density at radius 1 is 0.919 bits per heavy atom. The van der Waals surface area contributed by atoms with Gasteiger partial charge in [0.2, 0.25) is 0 Å². The van der Waals surface area contributed by atoms with Gasteiger partial charge in [0.05, 0.1) is 11.3 Å². The van der Waals surface area contributed by atoms with Crippen molar-refractivity contribution in [2.45, 2.75) is 89.3 Å². The molecule has 0 aromatic carbocycles. The topological polar surface area (TPSA) is 108 Å². The van der Waals surface area contributed by atoms with Gasteiger partial charge in [0.1, 0.15) is 0 Å². The fraction of sp³-hybridized carbons (Fsp3) is 0.727. The Kier molecular flexibility index (Phi) is 13.7. The van der Waals surface area contributed by atoms with Crippen LogP contribution in [0, 0.1) is 0 Å². The maximum atomic E-state index is 12.4. The summed E-state index contributed by atoms with van der Waals surface area (Å²) < 4.78 is 111. The van der Waals surface area contributed by atoms with Crippen LogP contribution in [-0.2, 0) is 12.4 Å². The third-order valence-corrected chi connectivity index (χ3v) is 5.12. The van der Waals surface area contributed by atoms with Gasteiger partial charge in [-0.05, 0) is 26.0 Å². The summed E-state index contributed by atoms with van der Waals surface area (Å²) in [5.74, 6) is -1.95. The molecular formula is C22H32F9N3O3. The molecule has 0 spiro atoms. The minimum absolute atomic E-state index is 0.0979. The fourth-order valence-electron chi connectivity index (χ4n) is 2.95. The van der Waals surface area contributed by atoms with Crippen molar-refractivity contribution in [3.8, 4) is 0 Å². The van der Waals surface area contributed by atoms with Crippen molar-refractivity contribution in [2.75, 3.05) is 18.8 Å². The Bertz CT molecular complexity index is 840. The van der Waals surface area contributed by atoms with E-state index in [4.69, 9.17) is 10.8 Å². The molecule has 5 N–H and O–H groups in total. The molecule has 1 heterocycles. The van der Waals surface area contributed by atoms with Crippen molar-refractivity contribution in [1.82, 2.24) is 10.3 Å². The molecule has 0 saturated heterocycles. The van der Waals surface area contributed by atoms with Crippen molar-refractivity contribution in [3.05, 3.63) is 23.0 Å². The quantitative estimate of drug-likeness (QED) is 0.174. The van der Waals surface area contributed by atoms with Gasteiger partial charge in [-0.25, -0.2) is 9.78 Å². The summed E-state index contributed by atoms with van der Waals surface area (Å²) in [6.07, 6.45) is -6.05. The molecule has 0 bridgehead atoms. The zero-order valence-corrected chi connectivity index (χ0v) is 20.4. The SMILES string of the molecule is CCCCCCCCCCNC[C@](C)(O)C(F)(F)F.Nc1cc(C(F)(F)F)c(C(F)(F)F)nc1C(=O)O. The number of rotatable bonds is 12. The predicted molar refractivity (Wildman–Crippen MR) is 118 cm³/mol. The van der Waals surface area contributed by atoms with E-state index in [0.29, 0.717) is 6.54 Å². The van der Waals surface area contributed by atoms with E-state index in [0.717, 1.165) is 26.2 Å². The number of nitrogens with zero attached hydrogens (tertiary/aromatic N) is 1. The standard InChI is InChI=1S/C14H28F3NO.C8H4F6N2O2/c1-3-4-5-6-7-8-9-10-11-18-12-13(2,19)14(15,16)17;9-7(10,11)2-1-3(15)4(6(17)18)16-5(2)8(12,13)14/h18-19H,3-12H2,1-2H3;1H,15H2,(H,17,18)/t13-;/m0./s1. The summed E-state index contributed by atoms with van der Waals surface area (Å²) >= 11 is 0. The smallest absolute Gasteiger partial charge is 0.433 e. The lowest BCUT2D eigenvalue weighted by molar-refractivity contribution is -0.250. The van der Waals surface area contributed by atoms with Gasteiger partial charge in [0, 0.05) is 6.54 Å². The summed E-state index contributed by atoms with van der Waals surface area (Å²) in [4.78, 5) is 12.9. The molecule has 1 rings (SSSR count). The van der Waals surface area contributed by atoms with Gasteiger partial charge in [-0.3, -0.25) is 0 Å². The van der Waals surface area contributed by atoms with E-state index in [1.807, 2.05) is 0 Å². The highest BCUT2D eigenvalue weighted by atomic mass is 19.4. The summed E-state index contributed by atoms with van der Waals surface area (Å²) in [7, 11) is 0. The third kappa shape index (κ3) is 12.7. The van der Waals surface area contributed by atoms with E-state index in [2.05, 4.69) is 17.2 Å². The Balaban J connectivity index is 0.000000701. The minimum Gasteiger partial charge on any atom is -0.476 e. The molecule has 0 amide bonds. The fourth-order valence-corrected chi connectivity index (χ4v) is 2.95. The molecule has 0 aliphatic carbocycles. The molecule has 0 unspecified atom stereocenters. The lowest BCUT2D eigenvalue weighted by atomic mass is 10.1. The highest BCUT2D eigenvalue weighted by molar-refractivity contribution is 5.91. The molecule has 6 nitrogen and oxygen atoms in total. The van der Waals surface area contributed by atoms with Gasteiger partial charge in [-0.1, -0.05) is 51.9 Å². The number of aromatic carboxylic acids is 1. The highest BCUT2D eigenvalue weighted by Gasteiger charge is 2.49. The van der Waals surface area contributed by atoms with Gasteiger partial charge >= 0.3 is 24.5 Å². The molecule has 37 heavy (non-hydrogen) atoms. The van der Waals surface area contributed by atoms with Crippen LogP contribution in [0.4, 0.5) is 45.2 Å². The Morgan fingerprint density at radius 3 is 1.81 bits per heavy atom. The summed E-state index contributed by atoms with van der Waals surface area (Å²) in [6, 6.07) is -0.0979. The largest absolute Gasteiger partial charge is 0.476 e. The number of hydrogen-bond acceptors (Lipinski definition) is 5. The second kappa shape index (κ2) is 14.6. The number of carboxylic acid groups (broad SMARTS) is 1. The van der Waals surface area contributed by atoms with E-state index in [1.54, 1.807) is 0 Å². The Hall–Kier alpha value is -2.29. The van der Waals surface area contributed by atoms with Crippen LogP contribution >= 0.6 is 0 Å². The maximum absolute atomic E-state index is 12.4. The maximum Gasteiger partial charge on any atom is 0.433 e. The van der Waals surface area contributed by atoms with Gasteiger partial charge in [-0.15, -0.1) is 0 Å². The summed E-state index contributed by atoms with van der Waals surface area (Å²) in [6.45, 7) is 3.07. The van der Waals surface area contributed by atoms with Crippen LogP contribution in [0.3, 0.4) is 0 Å². The van der Waals surface area contributed by atoms with Crippen LogP contribution in [0.15, 0.2) is 6.07 Å². The first-order valence-corrected chi connectivity index (χ1v) is 11.4. The lowest BCUT2D eigenvalue weighted by Crippen LogP contribution is -2.50. The summed E-state index contributed by atoms with van der Waals surface area (Å²) in [5.41, 5.74) is -4.45. The molecule has 0 radical (unpaired) electrons. The Morgan fingerprint density at radius 2 is 1.41 bits per heavy atom. The number of anilines is 1. The molecule has 1 atom stereocenters. The van der Waals surface area contributed by atoms with Crippen LogP contribution in [0.1, 0.15) is 87.0 Å². The highest BCUT2D eigenvalue weighted by Crippen LogP contribution is 2.40. The number of aromatic nitrogens is 1. The molecule has 216 valence electrons. The number of nitrogens with one attached hydrogen (secondary N) is 1. The molecule has 0 fully saturated rings. The zero-order chi connectivity index (χ0) is 29.1. The predicted octanol–water partition coefficient (Wildman–Crippen LogP) is 6.43. The second-order valence-corrected chi connectivity index (χ2v) is 8.55. The molecule has 0 saturated carbocycles. The molecule has 15 heteroatoms. The average Bonchev–Trinajstić information content (AvgIpc) is 2.72. The van der Waals surface area contributed by atoms with E-state index in [1.165, 1.54) is 32.1 Å². The van der Waals surface area contributed by atoms with Gasteiger partial charge < -0.3 is 21.3 Å². The molecule has 1 aromatic rings. The number of carboxylic acids is 1. The molecule has 0 aliphatic heterocycles.